The van der Waals surface area contributed by atoms with Crippen LogP contribution < -0.4 is 0 Å². The van der Waals surface area contributed by atoms with Crippen LogP contribution in [0.3, 0.4) is 0 Å². The summed E-state index contributed by atoms with van der Waals surface area (Å²) < 4.78 is 53.9. The fourth-order valence-corrected chi connectivity index (χ4v) is 5.69. The number of nitrogens with zero attached hydrogens (tertiary/aromatic N) is 2. The lowest BCUT2D eigenvalue weighted by Gasteiger charge is -2.14. The Morgan fingerprint density at radius 1 is 0.879 bits per heavy atom. The van der Waals surface area contributed by atoms with Gasteiger partial charge in [-0.2, -0.15) is 4.31 Å². The predicted molar refractivity (Wildman–Crippen MR) is 132 cm³/mol. The van der Waals surface area contributed by atoms with Crippen LogP contribution in [0.15, 0.2) is 95.4 Å². The first kappa shape index (κ1) is 23.0. The molecule has 8 heteroatoms. The Labute approximate surface area is 194 Å². The molecule has 0 bridgehead atoms. The summed E-state index contributed by atoms with van der Waals surface area (Å²) in [6.45, 7) is 2.17. The van der Waals surface area contributed by atoms with E-state index in [1.165, 1.54) is 27.6 Å². The number of aryl methyl sites for hydroxylation is 1. The van der Waals surface area contributed by atoms with Gasteiger partial charge >= 0.3 is 0 Å². The van der Waals surface area contributed by atoms with E-state index in [9.17, 15) is 16.8 Å². The molecule has 33 heavy (non-hydrogen) atoms. The molecule has 6 nitrogen and oxygen atoms in total. The van der Waals surface area contributed by atoms with Gasteiger partial charge < -0.3 is 0 Å². The molecule has 4 rings (SSSR count). The minimum Gasteiger partial charge on any atom is -0.241 e. The van der Waals surface area contributed by atoms with Crippen molar-refractivity contribution < 1.29 is 16.8 Å². The Kier molecular flexibility index (Phi) is 6.25. The second-order valence-corrected chi connectivity index (χ2v) is 11.6. The number of hydrogen-bond donors (Lipinski definition) is 0. The molecule has 0 aliphatic carbocycles. The van der Waals surface area contributed by atoms with E-state index in [2.05, 4.69) is 0 Å². The maximum atomic E-state index is 13.1. The molecular weight excluding hydrogens is 456 g/mol. The molecule has 0 atom stereocenters. The lowest BCUT2D eigenvalue weighted by Crippen LogP contribution is -2.24. The molecule has 0 N–H and O–H groups in total. The monoisotopic (exact) mass is 480 g/mol. The number of hydrogen-bond acceptors (Lipinski definition) is 4. The van der Waals surface area contributed by atoms with Crippen LogP contribution in [0.4, 0.5) is 0 Å². The van der Waals surface area contributed by atoms with Crippen molar-refractivity contribution >= 4 is 37.0 Å². The van der Waals surface area contributed by atoms with Crippen LogP contribution in [0, 0.1) is 6.92 Å². The molecule has 0 saturated heterocycles. The van der Waals surface area contributed by atoms with Crippen LogP contribution >= 0.6 is 0 Å². The van der Waals surface area contributed by atoms with Crippen LogP contribution in [-0.2, 0) is 26.6 Å². The van der Waals surface area contributed by atoms with Crippen LogP contribution in [0.2, 0.25) is 0 Å². The van der Waals surface area contributed by atoms with Crippen LogP contribution in [0.25, 0.3) is 17.0 Å². The molecular formula is C25H24N2O4S2. The minimum absolute atomic E-state index is 0.210. The van der Waals surface area contributed by atoms with Gasteiger partial charge in [-0.3, -0.25) is 0 Å². The van der Waals surface area contributed by atoms with Gasteiger partial charge in [0.25, 0.3) is 10.0 Å². The summed E-state index contributed by atoms with van der Waals surface area (Å²) in [4.78, 5) is 0.210. The van der Waals surface area contributed by atoms with Gasteiger partial charge in [0.2, 0.25) is 10.0 Å². The highest BCUT2D eigenvalue weighted by Gasteiger charge is 2.19. The molecule has 0 saturated carbocycles. The molecule has 0 aliphatic heterocycles. The smallest absolute Gasteiger partial charge is 0.241 e. The lowest BCUT2D eigenvalue weighted by atomic mass is 10.1. The van der Waals surface area contributed by atoms with E-state index in [-0.39, 0.29) is 11.4 Å². The molecule has 0 radical (unpaired) electrons. The van der Waals surface area contributed by atoms with E-state index in [4.69, 9.17) is 0 Å². The zero-order chi connectivity index (χ0) is 23.6. The second-order valence-electron chi connectivity index (χ2n) is 7.84. The van der Waals surface area contributed by atoms with Crippen molar-refractivity contribution in [3.8, 4) is 0 Å². The van der Waals surface area contributed by atoms with E-state index in [1.807, 2.05) is 37.3 Å². The maximum Gasteiger partial charge on any atom is 0.268 e. The van der Waals surface area contributed by atoms with Gasteiger partial charge in [0.15, 0.2) is 0 Å². The third-order valence-corrected chi connectivity index (χ3v) is 8.55. The Hall–Kier alpha value is -3.20. The largest absolute Gasteiger partial charge is 0.268 e. The number of aromatic nitrogens is 1. The average molecular weight is 481 g/mol. The van der Waals surface area contributed by atoms with Crippen molar-refractivity contribution in [1.29, 1.82) is 0 Å². The van der Waals surface area contributed by atoms with Crippen molar-refractivity contribution in [2.45, 2.75) is 18.4 Å². The third-order valence-electron chi connectivity index (χ3n) is 5.37. The first-order chi connectivity index (χ1) is 15.7. The van der Waals surface area contributed by atoms with E-state index < -0.39 is 20.0 Å². The van der Waals surface area contributed by atoms with Crippen molar-refractivity contribution in [3.63, 3.8) is 0 Å². The minimum atomic E-state index is -3.73. The molecule has 1 aromatic heterocycles. The number of sulfonamides is 1. The number of rotatable bonds is 7. The fraction of sp³-hybridized carbons (Fsp3) is 0.120. The predicted octanol–water partition coefficient (Wildman–Crippen LogP) is 4.62. The van der Waals surface area contributed by atoms with Crippen LogP contribution in [-0.4, -0.2) is 32.2 Å². The van der Waals surface area contributed by atoms with E-state index in [1.54, 1.807) is 48.5 Å². The molecule has 0 fully saturated rings. The Bertz CT molecular complexity index is 1520. The molecule has 0 spiro atoms. The Morgan fingerprint density at radius 2 is 1.58 bits per heavy atom. The SMILES string of the molecule is Cc1ccc(S(=O)(=O)n2ccc3cc(/C=C/S(=O)(=O)N(C)Cc4ccccc4)ccc32)cc1. The van der Waals surface area contributed by atoms with Gasteiger partial charge in [-0.15, -0.1) is 0 Å². The summed E-state index contributed by atoms with van der Waals surface area (Å²) in [5.41, 5.74) is 3.06. The summed E-state index contributed by atoms with van der Waals surface area (Å²) in [5, 5.41) is 1.86. The highest BCUT2D eigenvalue weighted by Crippen LogP contribution is 2.24. The van der Waals surface area contributed by atoms with Gasteiger partial charge in [0, 0.05) is 30.6 Å². The van der Waals surface area contributed by atoms with Crippen molar-refractivity contribution in [2.24, 2.45) is 0 Å². The number of fused-ring (bicyclic) bond motifs is 1. The fourth-order valence-electron chi connectivity index (χ4n) is 3.47. The van der Waals surface area contributed by atoms with Gasteiger partial charge in [-0.05, 0) is 54.5 Å². The molecule has 0 unspecified atom stereocenters. The lowest BCUT2D eigenvalue weighted by molar-refractivity contribution is 0.475. The van der Waals surface area contributed by atoms with Crippen molar-refractivity contribution in [2.75, 3.05) is 7.05 Å². The van der Waals surface area contributed by atoms with Gasteiger partial charge in [-0.1, -0.05) is 54.1 Å². The topological polar surface area (TPSA) is 76.5 Å². The van der Waals surface area contributed by atoms with E-state index in [0.29, 0.717) is 16.5 Å². The zero-order valence-electron chi connectivity index (χ0n) is 18.3. The summed E-state index contributed by atoms with van der Waals surface area (Å²) in [6, 6.07) is 22.9. The van der Waals surface area contributed by atoms with Crippen molar-refractivity contribution in [3.05, 3.63) is 107 Å². The summed E-state index contributed by atoms with van der Waals surface area (Å²) in [7, 11) is -5.81. The average Bonchev–Trinajstić information content (AvgIpc) is 3.23. The standard InChI is InChI=1S/C25H24N2O4S2/c1-20-8-11-24(12-9-20)33(30,31)27-16-14-23-18-21(10-13-25(23)27)15-17-32(28,29)26(2)19-22-6-4-3-5-7-22/h3-18H,19H2,1-2H3/b17-15+. The van der Waals surface area contributed by atoms with Crippen LogP contribution in [0.5, 0.6) is 0 Å². The molecule has 0 aliphatic rings. The maximum absolute atomic E-state index is 13.1. The van der Waals surface area contributed by atoms with Gasteiger partial charge in [-0.25, -0.2) is 20.8 Å². The second kappa shape index (κ2) is 8.97. The van der Waals surface area contributed by atoms with Crippen LogP contribution in [0.1, 0.15) is 16.7 Å². The highest BCUT2D eigenvalue weighted by molar-refractivity contribution is 7.92. The molecule has 3 aromatic carbocycles. The highest BCUT2D eigenvalue weighted by atomic mass is 32.2. The molecule has 0 amide bonds. The van der Waals surface area contributed by atoms with E-state index in [0.717, 1.165) is 16.5 Å². The van der Waals surface area contributed by atoms with E-state index >= 15 is 0 Å². The summed E-state index contributed by atoms with van der Waals surface area (Å²) in [5.74, 6) is 0. The van der Waals surface area contributed by atoms with Gasteiger partial charge in [0.05, 0.1) is 10.4 Å². The normalized spacial score (nSPS) is 12.7. The first-order valence-corrected chi connectivity index (χ1v) is 13.2. The third kappa shape index (κ3) is 4.93. The first-order valence-electron chi connectivity index (χ1n) is 10.3. The van der Waals surface area contributed by atoms with Crippen molar-refractivity contribution in [1.82, 2.24) is 8.28 Å². The molecule has 1 heterocycles. The summed E-state index contributed by atoms with van der Waals surface area (Å²) in [6.07, 6.45) is 3.03. The van der Waals surface area contributed by atoms with Gasteiger partial charge in [0.1, 0.15) is 0 Å². The number of benzene rings is 3. The zero-order valence-corrected chi connectivity index (χ0v) is 19.9. The molecule has 4 aromatic rings. The summed E-state index contributed by atoms with van der Waals surface area (Å²) >= 11 is 0. The quantitative estimate of drug-likeness (QED) is 0.387. The molecule has 170 valence electrons. The Balaban J connectivity index is 1.58. The Morgan fingerprint density at radius 3 is 2.27 bits per heavy atom.